The number of amides is 1. The van der Waals surface area contributed by atoms with Crippen molar-refractivity contribution < 1.29 is 18.7 Å². The van der Waals surface area contributed by atoms with Crippen LogP contribution in [0.5, 0.6) is 11.5 Å². The molecule has 0 aliphatic rings. The maximum absolute atomic E-state index is 13.4. The molecule has 28 heavy (non-hydrogen) atoms. The van der Waals surface area contributed by atoms with Gasteiger partial charge in [-0.25, -0.2) is 4.39 Å². The van der Waals surface area contributed by atoms with Crippen molar-refractivity contribution in [3.63, 3.8) is 0 Å². The number of methoxy groups -OCH3 is 2. The molecule has 0 spiro atoms. The first-order valence-corrected chi connectivity index (χ1v) is 8.74. The number of hydrogen-bond acceptors (Lipinski definition) is 4. The molecule has 0 fully saturated rings. The summed E-state index contributed by atoms with van der Waals surface area (Å²) in [6.07, 6.45) is 0. The molecule has 0 aliphatic heterocycles. The van der Waals surface area contributed by atoms with E-state index in [1.807, 2.05) is 32.0 Å². The summed E-state index contributed by atoms with van der Waals surface area (Å²) >= 11 is 0. The summed E-state index contributed by atoms with van der Waals surface area (Å²) in [6, 6.07) is 11.2. The molecular formula is C21H22FN3O3. The van der Waals surface area contributed by atoms with Crippen molar-refractivity contribution in [1.82, 2.24) is 9.78 Å². The molecule has 2 aromatic carbocycles. The molecule has 7 heteroatoms. The lowest BCUT2D eigenvalue weighted by molar-refractivity contribution is 0.102. The second-order valence-electron chi connectivity index (χ2n) is 6.36. The van der Waals surface area contributed by atoms with Crippen LogP contribution in [0.25, 0.3) is 0 Å². The Morgan fingerprint density at radius 2 is 1.86 bits per heavy atom. The van der Waals surface area contributed by atoms with E-state index >= 15 is 0 Å². The second kappa shape index (κ2) is 8.12. The number of anilines is 1. The maximum atomic E-state index is 13.4. The molecule has 6 nitrogen and oxygen atoms in total. The van der Waals surface area contributed by atoms with E-state index in [9.17, 15) is 9.18 Å². The number of aromatic nitrogens is 2. The van der Waals surface area contributed by atoms with Gasteiger partial charge in [0.05, 0.1) is 37.8 Å². The van der Waals surface area contributed by atoms with Crippen LogP contribution in [0.15, 0.2) is 42.5 Å². The molecule has 0 saturated carbocycles. The van der Waals surface area contributed by atoms with E-state index in [2.05, 4.69) is 10.4 Å². The molecule has 1 aromatic heterocycles. The Kier molecular flexibility index (Phi) is 5.63. The minimum Gasteiger partial charge on any atom is -0.493 e. The van der Waals surface area contributed by atoms with Crippen LogP contribution in [0.2, 0.25) is 0 Å². The van der Waals surface area contributed by atoms with E-state index in [1.165, 1.54) is 18.2 Å². The van der Waals surface area contributed by atoms with Crippen molar-refractivity contribution >= 4 is 11.6 Å². The van der Waals surface area contributed by atoms with Gasteiger partial charge in [0, 0.05) is 5.56 Å². The highest BCUT2D eigenvalue weighted by Gasteiger charge is 2.16. The highest BCUT2D eigenvalue weighted by Crippen LogP contribution is 2.28. The van der Waals surface area contributed by atoms with Gasteiger partial charge < -0.3 is 14.8 Å². The maximum Gasteiger partial charge on any atom is 0.255 e. The van der Waals surface area contributed by atoms with Crippen LogP contribution in [0.1, 0.15) is 27.3 Å². The number of nitrogens with zero attached hydrogens (tertiary/aromatic N) is 2. The van der Waals surface area contributed by atoms with Gasteiger partial charge in [-0.05, 0) is 49.7 Å². The zero-order valence-corrected chi connectivity index (χ0v) is 16.2. The lowest BCUT2D eigenvalue weighted by Gasteiger charge is -2.11. The smallest absolute Gasteiger partial charge is 0.255 e. The largest absolute Gasteiger partial charge is 0.493 e. The lowest BCUT2D eigenvalue weighted by Crippen LogP contribution is -2.13. The number of aryl methyl sites for hydroxylation is 1. The Balaban J connectivity index is 1.83. The lowest BCUT2D eigenvalue weighted by atomic mass is 10.2. The summed E-state index contributed by atoms with van der Waals surface area (Å²) in [5, 5.41) is 7.36. The quantitative estimate of drug-likeness (QED) is 0.700. The third-order valence-corrected chi connectivity index (χ3v) is 4.49. The standard InChI is InChI=1S/C21H22FN3O3/c1-13-20(23-21(26)16-6-5-7-17(22)11-16)14(2)25(24-13)12-15-8-9-18(27-3)19(10-15)28-4/h5-11H,12H2,1-4H3,(H,23,26). The van der Waals surface area contributed by atoms with Gasteiger partial charge in [0.25, 0.3) is 5.91 Å². The topological polar surface area (TPSA) is 65.4 Å². The molecule has 1 N–H and O–H groups in total. The third kappa shape index (κ3) is 3.98. The van der Waals surface area contributed by atoms with Gasteiger partial charge in [-0.1, -0.05) is 12.1 Å². The summed E-state index contributed by atoms with van der Waals surface area (Å²) in [5.41, 5.74) is 3.34. The minimum absolute atomic E-state index is 0.256. The van der Waals surface area contributed by atoms with Crippen LogP contribution in [0.3, 0.4) is 0 Å². The van der Waals surface area contributed by atoms with Crippen LogP contribution in [-0.4, -0.2) is 29.9 Å². The summed E-state index contributed by atoms with van der Waals surface area (Å²) in [4.78, 5) is 12.4. The van der Waals surface area contributed by atoms with E-state index < -0.39 is 5.82 Å². The predicted octanol–water partition coefficient (Wildman–Crippen LogP) is 3.96. The van der Waals surface area contributed by atoms with E-state index in [0.29, 0.717) is 29.4 Å². The van der Waals surface area contributed by atoms with Crippen molar-refractivity contribution in [2.75, 3.05) is 19.5 Å². The Labute approximate surface area is 162 Å². The van der Waals surface area contributed by atoms with Crippen LogP contribution < -0.4 is 14.8 Å². The van der Waals surface area contributed by atoms with Crippen molar-refractivity contribution in [1.29, 1.82) is 0 Å². The summed E-state index contributed by atoms with van der Waals surface area (Å²) in [5.74, 6) is 0.463. The number of carbonyl (C=O) groups excluding carboxylic acids is 1. The number of nitrogens with one attached hydrogen (secondary N) is 1. The Hall–Kier alpha value is -3.35. The predicted molar refractivity (Wildman–Crippen MR) is 105 cm³/mol. The highest BCUT2D eigenvalue weighted by molar-refractivity contribution is 6.04. The molecule has 0 saturated heterocycles. The second-order valence-corrected chi connectivity index (χ2v) is 6.36. The fourth-order valence-electron chi connectivity index (χ4n) is 3.00. The summed E-state index contributed by atoms with van der Waals surface area (Å²) in [7, 11) is 3.18. The van der Waals surface area contributed by atoms with Gasteiger partial charge in [-0.3, -0.25) is 9.48 Å². The highest BCUT2D eigenvalue weighted by atomic mass is 19.1. The van der Waals surface area contributed by atoms with Crippen LogP contribution >= 0.6 is 0 Å². The fourth-order valence-corrected chi connectivity index (χ4v) is 3.00. The molecule has 3 rings (SSSR count). The molecule has 1 amide bonds. The molecule has 1 heterocycles. The zero-order valence-electron chi connectivity index (χ0n) is 16.2. The van der Waals surface area contributed by atoms with Crippen molar-refractivity contribution in [3.8, 4) is 11.5 Å². The molecule has 0 radical (unpaired) electrons. The van der Waals surface area contributed by atoms with Crippen molar-refractivity contribution in [3.05, 3.63) is 70.8 Å². The Bertz CT molecular complexity index is 1010. The third-order valence-electron chi connectivity index (χ3n) is 4.49. The summed E-state index contributed by atoms with van der Waals surface area (Å²) < 4.78 is 25.8. The number of hydrogen-bond donors (Lipinski definition) is 1. The van der Waals surface area contributed by atoms with Gasteiger partial charge in [0.1, 0.15) is 5.82 Å². The number of carbonyl (C=O) groups is 1. The minimum atomic E-state index is -0.453. The number of ether oxygens (including phenoxy) is 2. The molecule has 0 aliphatic carbocycles. The van der Waals surface area contributed by atoms with Crippen molar-refractivity contribution in [2.24, 2.45) is 0 Å². The molecule has 146 valence electrons. The van der Waals surface area contributed by atoms with Crippen LogP contribution in [0.4, 0.5) is 10.1 Å². The first-order valence-electron chi connectivity index (χ1n) is 8.74. The molecule has 0 bridgehead atoms. The fraction of sp³-hybridized carbons (Fsp3) is 0.238. The Morgan fingerprint density at radius 1 is 1.11 bits per heavy atom. The Morgan fingerprint density at radius 3 is 2.54 bits per heavy atom. The van der Waals surface area contributed by atoms with Crippen molar-refractivity contribution in [2.45, 2.75) is 20.4 Å². The summed E-state index contributed by atoms with van der Waals surface area (Å²) in [6.45, 7) is 4.20. The zero-order chi connectivity index (χ0) is 20.3. The molecule has 0 atom stereocenters. The van der Waals surface area contributed by atoms with E-state index in [1.54, 1.807) is 25.0 Å². The first-order chi connectivity index (χ1) is 13.4. The van der Waals surface area contributed by atoms with Gasteiger partial charge in [-0.2, -0.15) is 5.10 Å². The first kappa shape index (κ1) is 19.4. The van der Waals surface area contributed by atoms with Crippen LogP contribution in [-0.2, 0) is 6.54 Å². The molecule has 3 aromatic rings. The van der Waals surface area contributed by atoms with E-state index in [0.717, 1.165) is 11.3 Å². The molecular weight excluding hydrogens is 361 g/mol. The van der Waals surface area contributed by atoms with Crippen LogP contribution in [0, 0.1) is 19.7 Å². The van der Waals surface area contributed by atoms with Gasteiger partial charge in [-0.15, -0.1) is 0 Å². The number of benzene rings is 2. The molecule has 0 unspecified atom stereocenters. The number of rotatable bonds is 6. The monoisotopic (exact) mass is 383 g/mol. The number of halogens is 1. The van der Waals surface area contributed by atoms with Gasteiger partial charge >= 0.3 is 0 Å². The average molecular weight is 383 g/mol. The van der Waals surface area contributed by atoms with Gasteiger partial charge in [0.2, 0.25) is 0 Å². The van der Waals surface area contributed by atoms with E-state index in [4.69, 9.17) is 9.47 Å². The van der Waals surface area contributed by atoms with Gasteiger partial charge in [0.15, 0.2) is 11.5 Å². The average Bonchev–Trinajstić information content (AvgIpc) is 2.95. The van der Waals surface area contributed by atoms with E-state index in [-0.39, 0.29) is 11.5 Å². The SMILES string of the molecule is COc1ccc(Cn2nc(C)c(NC(=O)c3cccc(F)c3)c2C)cc1OC. The normalized spacial score (nSPS) is 10.6.